The lowest BCUT2D eigenvalue weighted by atomic mass is 9.84. The molecule has 2 unspecified atom stereocenters. The van der Waals surface area contributed by atoms with Gasteiger partial charge in [0.05, 0.1) is 49.7 Å². The first-order valence-corrected chi connectivity index (χ1v) is 12.4. The van der Waals surface area contributed by atoms with Crippen molar-refractivity contribution >= 4 is 11.4 Å². The summed E-state index contributed by atoms with van der Waals surface area (Å²) in [6, 6.07) is 2.08. The van der Waals surface area contributed by atoms with Gasteiger partial charge in [-0.3, -0.25) is 10.1 Å². The summed E-state index contributed by atoms with van der Waals surface area (Å²) < 4.78 is 12.9. The molecule has 2 aromatic heterocycles. The summed E-state index contributed by atoms with van der Waals surface area (Å²) >= 11 is 0. The van der Waals surface area contributed by atoms with Crippen molar-refractivity contribution < 1.29 is 14.6 Å². The van der Waals surface area contributed by atoms with Gasteiger partial charge in [0.15, 0.2) is 0 Å². The molecule has 0 amide bonds. The highest BCUT2D eigenvalue weighted by molar-refractivity contribution is 6.11. The van der Waals surface area contributed by atoms with Crippen LogP contribution in [0.4, 0.5) is 5.69 Å². The van der Waals surface area contributed by atoms with Crippen LogP contribution in [0.15, 0.2) is 35.9 Å². The molecule has 4 rings (SSSR count). The van der Waals surface area contributed by atoms with Crippen LogP contribution < -0.4 is 15.4 Å². The number of rotatable bonds is 8. The van der Waals surface area contributed by atoms with Gasteiger partial charge in [-0.05, 0) is 64.1 Å². The number of anilines is 1. The highest BCUT2D eigenvalue weighted by atomic mass is 16.5. The van der Waals surface area contributed by atoms with Gasteiger partial charge in [-0.2, -0.15) is 5.10 Å². The second-order valence-corrected chi connectivity index (χ2v) is 10.1. The molecule has 9 nitrogen and oxygen atoms in total. The highest BCUT2D eigenvalue weighted by Gasteiger charge is 2.32. The van der Waals surface area contributed by atoms with E-state index in [1.54, 1.807) is 19.5 Å². The fourth-order valence-corrected chi connectivity index (χ4v) is 4.92. The molecular weight excluding hydrogens is 444 g/mol. The zero-order valence-corrected chi connectivity index (χ0v) is 21.2. The van der Waals surface area contributed by atoms with E-state index in [0.29, 0.717) is 43.6 Å². The summed E-state index contributed by atoms with van der Waals surface area (Å²) in [4.78, 5) is 4.37. The Kier molecular flexibility index (Phi) is 7.88. The second-order valence-electron chi connectivity index (χ2n) is 10.1. The lowest BCUT2D eigenvalue weighted by Gasteiger charge is -2.37. The molecular formula is C26H38N6O3. The number of hydrogen-bond donors (Lipinski definition) is 4. The molecule has 0 aromatic carbocycles. The minimum absolute atomic E-state index is 0.0791. The number of nitrogens with zero attached hydrogens (tertiary/aromatic N) is 3. The number of ether oxygens (including phenoxy) is 2. The molecule has 190 valence electrons. The predicted molar refractivity (Wildman–Crippen MR) is 136 cm³/mol. The zero-order valence-electron chi connectivity index (χ0n) is 21.2. The number of piperidine rings is 1. The minimum Gasteiger partial charge on any atom is -0.481 e. The summed E-state index contributed by atoms with van der Waals surface area (Å²) in [6.45, 7) is 8.56. The smallest absolute Gasteiger partial charge is 0.216 e. The van der Waals surface area contributed by atoms with Gasteiger partial charge in [-0.25, -0.2) is 4.98 Å². The summed E-state index contributed by atoms with van der Waals surface area (Å²) in [5.74, 6) is 1.04. The maximum atomic E-state index is 10.4. The van der Waals surface area contributed by atoms with Gasteiger partial charge in [0.2, 0.25) is 5.88 Å². The minimum atomic E-state index is -0.745. The molecule has 4 heterocycles. The van der Waals surface area contributed by atoms with Crippen LogP contribution in [0.3, 0.4) is 0 Å². The van der Waals surface area contributed by atoms with Gasteiger partial charge in [-0.1, -0.05) is 0 Å². The molecule has 2 atom stereocenters. The van der Waals surface area contributed by atoms with E-state index in [-0.39, 0.29) is 6.04 Å². The van der Waals surface area contributed by atoms with Crippen LogP contribution in [-0.2, 0) is 11.3 Å². The van der Waals surface area contributed by atoms with E-state index in [4.69, 9.17) is 14.9 Å². The third-order valence-electron chi connectivity index (χ3n) is 6.91. The Hall–Kier alpha value is -2.75. The largest absolute Gasteiger partial charge is 0.481 e. The number of nitrogens with one attached hydrogen (secondary N) is 3. The Labute approximate surface area is 207 Å². The molecule has 2 aromatic rings. The average molecular weight is 483 g/mol. The van der Waals surface area contributed by atoms with Crippen molar-refractivity contribution in [2.45, 2.75) is 64.6 Å². The Morgan fingerprint density at radius 1 is 1.34 bits per heavy atom. The molecule has 4 N–H and O–H groups in total. The molecule has 0 radical (unpaired) electrons. The van der Waals surface area contributed by atoms with Gasteiger partial charge in [0, 0.05) is 42.0 Å². The quantitative estimate of drug-likeness (QED) is 0.427. The molecule has 0 saturated carbocycles. The molecule has 2 aliphatic rings. The zero-order chi connectivity index (χ0) is 25.0. The predicted octanol–water partition coefficient (Wildman–Crippen LogP) is 3.28. The van der Waals surface area contributed by atoms with E-state index in [9.17, 15) is 5.11 Å². The van der Waals surface area contributed by atoms with E-state index in [2.05, 4.69) is 20.7 Å². The van der Waals surface area contributed by atoms with Crippen LogP contribution in [0.1, 0.15) is 50.7 Å². The maximum Gasteiger partial charge on any atom is 0.216 e. The molecule has 0 spiro atoms. The fourth-order valence-electron chi connectivity index (χ4n) is 4.92. The van der Waals surface area contributed by atoms with E-state index in [1.165, 1.54) is 0 Å². The Morgan fingerprint density at radius 3 is 2.89 bits per heavy atom. The summed E-state index contributed by atoms with van der Waals surface area (Å²) in [5, 5.41) is 30.9. The SMILES string of the molecule is COc1ncc(NC2=C(C(=N)c3cnn(CC4CCNC(C(C)(C)O)C4)c3)CCOCC2)cc1C. The van der Waals surface area contributed by atoms with Crippen LogP contribution in [0, 0.1) is 18.3 Å². The average Bonchev–Trinajstić information content (AvgIpc) is 3.16. The van der Waals surface area contributed by atoms with E-state index in [1.807, 2.05) is 37.7 Å². The third-order valence-corrected chi connectivity index (χ3v) is 6.91. The molecule has 0 bridgehead atoms. The summed E-state index contributed by atoms with van der Waals surface area (Å²) in [6.07, 6.45) is 8.82. The van der Waals surface area contributed by atoms with Crippen molar-refractivity contribution in [2.75, 3.05) is 32.2 Å². The van der Waals surface area contributed by atoms with Gasteiger partial charge >= 0.3 is 0 Å². The first-order valence-electron chi connectivity index (χ1n) is 12.4. The number of hydrogen-bond acceptors (Lipinski definition) is 8. The highest BCUT2D eigenvalue weighted by Crippen LogP contribution is 2.27. The van der Waals surface area contributed by atoms with Crippen LogP contribution in [0.5, 0.6) is 5.88 Å². The number of aliphatic hydroxyl groups is 1. The number of aryl methyl sites for hydroxylation is 1. The molecule has 9 heteroatoms. The van der Waals surface area contributed by atoms with Crippen LogP contribution in [-0.4, -0.2) is 64.1 Å². The van der Waals surface area contributed by atoms with Gasteiger partial charge in [-0.15, -0.1) is 0 Å². The van der Waals surface area contributed by atoms with E-state index < -0.39 is 5.60 Å². The van der Waals surface area contributed by atoms with E-state index in [0.717, 1.165) is 54.0 Å². The van der Waals surface area contributed by atoms with Gasteiger partial charge < -0.3 is 25.2 Å². The first kappa shape index (κ1) is 25.3. The molecule has 0 aliphatic carbocycles. The first-order chi connectivity index (χ1) is 16.7. The fraction of sp³-hybridized carbons (Fsp3) is 0.577. The molecule has 1 fully saturated rings. The molecule has 35 heavy (non-hydrogen) atoms. The number of pyridine rings is 1. The number of aromatic nitrogens is 3. The van der Waals surface area contributed by atoms with Crippen molar-refractivity contribution in [3.05, 3.63) is 47.1 Å². The normalized spacial score (nSPS) is 21.5. The monoisotopic (exact) mass is 482 g/mol. The number of methoxy groups -OCH3 is 1. The summed E-state index contributed by atoms with van der Waals surface area (Å²) in [5.41, 5.74) is 4.28. The van der Waals surface area contributed by atoms with Gasteiger partial charge in [0.25, 0.3) is 0 Å². The van der Waals surface area contributed by atoms with Crippen molar-refractivity contribution in [3.63, 3.8) is 0 Å². The van der Waals surface area contributed by atoms with Crippen molar-refractivity contribution in [1.29, 1.82) is 5.41 Å². The standard InChI is InChI=1S/C26H38N6O3/c1-17-11-20(14-29-25(17)34-4)31-22-7-10-35-9-6-21(22)24(27)19-13-30-32(16-19)15-18-5-8-28-23(12-18)26(2,3)33/h11,13-14,16,18,23,27-28,31,33H,5-10,12,15H2,1-4H3. The Morgan fingerprint density at radius 2 is 2.14 bits per heavy atom. The van der Waals surface area contributed by atoms with Crippen molar-refractivity contribution in [2.24, 2.45) is 5.92 Å². The van der Waals surface area contributed by atoms with Crippen molar-refractivity contribution in [3.8, 4) is 5.88 Å². The molecule has 1 saturated heterocycles. The van der Waals surface area contributed by atoms with Crippen LogP contribution in [0.25, 0.3) is 0 Å². The topological polar surface area (TPSA) is 117 Å². The Bertz CT molecular complexity index is 1070. The van der Waals surface area contributed by atoms with Crippen LogP contribution >= 0.6 is 0 Å². The Balaban J connectivity index is 1.49. The third kappa shape index (κ3) is 6.28. The lowest BCUT2D eigenvalue weighted by molar-refractivity contribution is 0.0165. The maximum absolute atomic E-state index is 10.4. The van der Waals surface area contributed by atoms with Crippen molar-refractivity contribution in [1.82, 2.24) is 20.1 Å². The molecule has 2 aliphatic heterocycles. The van der Waals surface area contributed by atoms with E-state index >= 15 is 0 Å². The second kappa shape index (κ2) is 10.9. The lowest BCUT2D eigenvalue weighted by Crippen LogP contribution is -2.51. The van der Waals surface area contributed by atoms with Crippen LogP contribution in [0.2, 0.25) is 0 Å². The summed E-state index contributed by atoms with van der Waals surface area (Å²) in [7, 11) is 1.62. The van der Waals surface area contributed by atoms with Gasteiger partial charge in [0.1, 0.15) is 0 Å².